The third-order valence-corrected chi connectivity index (χ3v) is 5.26. The van der Waals surface area contributed by atoms with Gasteiger partial charge in [0.05, 0.1) is 23.6 Å². The topological polar surface area (TPSA) is 61.1 Å². The lowest BCUT2D eigenvalue weighted by molar-refractivity contribution is 0.0971. The van der Waals surface area contributed by atoms with E-state index in [2.05, 4.69) is 0 Å². The zero-order valence-corrected chi connectivity index (χ0v) is 14.5. The number of nitrogens with zero attached hydrogens (tertiary/aromatic N) is 2. The lowest BCUT2D eigenvalue weighted by Crippen LogP contribution is -2.07. The van der Waals surface area contributed by atoms with Crippen LogP contribution < -0.4 is 0 Å². The molecule has 0 radical (unpaired) electrons. The van der Waals surface area contributed by atoms with Crippen LogP contribution in [-0.2, 0) is 13.1 Å². The molecule has 0 amide bonds. The van der Waals surface area contributed by atoms with Crippen molar-refractivity contribution in [1.29, 1.82) is 0 Å². The summed E-state index contributed by atoms with van der Waals surface area (Å²) >= 11 is 0. The Bertz CT molecular complexity index is 956. The first-order chi connectivity index (χ1) is 12.1. The molecule has 0 saturated heterocycles. The molecule has 4 heterocycles. The van der Waals surface area contributed by atoms with E-state index in [0.717, 1.165) is 35.5 Å². The molecule has 4 rings (SSSR count). The average Bonchev–Trinajstić information content (AvgIpc) is 3.35. The van der Waals surface area contributed by atoms with Crippen LogP contribution in [0.5, 0.6) is 0 Å². The smallest absolute Gasteiger partial charge is 0.207 e. The highest BCUT2D eigenvalue weighted by atomic mass is 16.1. The Balaban J connectivity index is 1.77. The molecular formula is C20H20N2O3. The first kappa shape index (κ1) is 15.8. The molecule has 2 aromatic heterocycles. The zero-order chi connectivity index (χ0) is 17.7. The average molecular weight is 336 g/mol. The Morgan fingerprint density at radius 3 is 2.12 bits per heavy atom. The van der Waals surface area contributed by atoms with E-state index in [0.29, 0.717) is 30.8 Å². The fraction of sp³-hybridized carbons (Fsp3) is 0.350. The van der Waals surface area contributed by atoms with E-state index in [-0.39, 0.29) is 17.3 Å². The second kappa shape index (κ2) is 5.69. The quantitative estimate of drug-likeness (QED) is 0.634. The summed E-state index contributed by atoms with van der Waals surface area (Å²) in [6.45, 7) is 4.86. The molecular weight excluding hydrogens is 316 g/mol. The predicted octanol–water partition coefficient (Wildman–Crippen LogP) is 3.53. The molecule has 25 heavy (non-hydrogen) atoms. The van der Waals surface area contributed by atoms with Crippen molar-refractivity contribution in [2.45, 2.75) is 46.2 Å². The third-order valence-electron chi connectivity index (χ3n) is 5.26. The minimum atomic E-state index is 0.00294. The molecule has 5 nitrogen and oxygen atoms in total. The molecule has 2 aliphatic rings. The van der Waals surface area contributed by atoms with Crippen LogP contribution in [0.15, 0.2) is 29.8 Å². The number of hydrogen-bond acceptors (Lipinski definition) is 3. The standard InChI is InChI=1S/C20H20N2O3/c1-3-18(23)15-6-5-14-12(9-10-21(14)15)13-11-22-16(19(24)4-2)7-8-17(22)20(13)25/h5-8H,3-4,9-11H2,1-2H3/b13-12+. The molecule has 0 bridgehead atoms. The van der Waals surface area contributed by atoms with Crippen LogP contribution in [0, 0.1) is 0 Å². The van der Waals surface area contributed by atoms with Gasteiger partial charge in [0.1, 0.15) is 0 Å². The maximum absolute atomic E-state index is 12.8. The lowest BCUT2D eigenvalue weighted by Gasteiger charge is -2.05. The van der Waals surface area contributed by atoms with Crippen LogP contribution in [-0.4, -0.2) is 26.5 Å². The number of hydrogen-bond donors (Lipinski definition) is 0. The minimum Gasteiger partial charge on any atom is -0.338 e. The number of aromatic nitrogens is 2. The van der Waals surface area contributed by atoms with Crippen molar-refractivity contribution < 1.29 is 14.4 Å². The van der Waals surface area contributed by atoms with Crippen LogP contribution >= 0.6 is 0 Å². The van der Waals surface area contributed by atoms with Crippen molar-refractivity contribution in [3.63, 3.8) is 0 Å². The van der Waals surface area contributed by atoms with Gasteiger partial charge in [0, 0.05) is 30.7 Å². The summed E-state index contributed by atoms with van der Waals surface area (Å²) in [6, 6.07) is 7.29. The van der Waals surface area contributed by atoms with Gasteiger partial charge in [-0.15, -0.1) is 0 Å². The number of allylic oxidation sites excluding steroid dienone is 2. The Labute approximate surface area is 145 Å². The van der Waals surface area contributed by atoms with E-state index in [1.807, 2.05) is 35.1 Å². The minimum absolute atomic E-state index is 0.00294. The van der Waals surface area contributed by atoms with E-state index >= 15 is 0 Å². The van der Waals surface area contributed by atoms with Gasteiger partial charge in [-0.05, 0) is 36.3 Å². The van der Waals surface area contributed by atoms with Crippen LogP contribution in [0.4, 0.5) is 0 Å². The maximum Gasteiger partial charge on any atom is 0.207 e. The molecule has 128 valence electrons. The Hall–Kier alpha value is -2.69. The molecule has 0 fully saturated rings. The molecule has 0 unspecified atom stereocenters. The number of fused-ring (bicyclic) bond motifs is 2. The number of carbonyl (C=O) groups excluding carboxylic acids is 3. The van der Waals surface area contributed by atoms with Gasteiger partial charge in [-0.3, -0.25) is 14.4 Å². The fourth-order valence-corrected chi connectivity index (χ4v) is 3.93. The second-order valence-corrected chi connectivity index (χ2v) is 6.54. The first-order valence-corrected chi connectivity index (χ1v) is 8.79. The molecule has 0 spiro atoms. The Kier molecular flexibility index (Phi) is 3.60. The van der Waals surface area contributed by atoms with E-state index in [1.165, 1.54) is 0 Å². The van der Waals surface area contributed by atoms with Gasteiger partial charge >= 0.3 is 0 Å². The molecule has 2 aliphatic heterocycles. The van der Waals surface area contributed by atoms with Crippen molar-refractivity contribution >= 4 is 22.9 Å². The summed E-state index contributed by atoms with van der Waals surface area (Å²) in [4.78, 5) is 37.0. The fourth-order valence-electron chi connectivity index (χ4n) is 3.93. The highest BCUT2D eigenvalue weighted by molar-refractivity contribution is 6.15. The molecule has 2 aromatic rings. The first-order valence-electron chi connectivity index (χ1n) is 8.79. The van der Waals surface area contributed by atoms with Gasteiger partial charge in [-0.2, -0.15) is 0 Å². The van der Waals surface area contributed by atoms with Gasteiger partial charge < -0.3 is 9.13 Å². The molecule has 0 atom stereocenters. The van der Waals surface area contributed by atoms with Gasteiger partial charge in [0.2, 0.25) is 5.78 Å². The van der Waals surface area contributed by atoms with Crippen LogP contribution in [0.1, 0.15) is 70.3 Å². The monoisotopic (exact) mass is 336 g/mol. The highest BCUT2D eigenvalue weighted by Gasteiger charge is 2.33. The molecule has 0 aliphatic carbocycles. The van der Waals surface area contributed by atoms with E-state index in [9.17, 15) is 14.4 Å². The van der Waals surface area contributed by atoms with Crippen molar-refractivity contribution in [3.05, 3.63) is 52.6 Å². The van der Waals surface area contributed by atoms with Crippen molar-refractivity contribution in [2.24, 2.45) is 0 Å². The van der Waals surface area contributed by atoms with Crippen molar-refractivity contribution in [3.8, 4) is 0 Å². The summed E-state index contributed by atoms with van der Waals surface area (Å²) in [5, 5.41) is 0. The zero-order valence-electron chi connectivity index (χ0n) is 14.5. The number of Topliss-reactive ketones (excluding diaryl/α,β-unsaturated/α-hetero) is 3. The third kappa shape index (κ3) is 2.18. The van der Waals surface area contributed by atoms with E-state index in [1.54, 1.807) is 12.1 Å². The second-order valence-electron chi connectivity index (χ2n) is 6.54. The maximum atomic E-state index is 12.8. The summed E-state index contributed by atoms with van der Waals surface area (Å²) in [5.41, 5.74) is 4.66. The molecule has 0 N–H and O–H groups in total. The number of carbonyl (C=O) groups is 3. The largest absolute Gasteiger partial charge is 0.338 e. The molecule has 5 heteroatoms. The number of ketones is 3. The SMILES string of the molecule is CCC(=O)c1ccc2n1C/C(=C1/CCn3c(C(=O)CC)ccc31)C2=O. The predicted molar refractivity (Wildman–Crippen MR) is 94.0 cm³/mol. The van der Waals surface area contributed by atoms with Crippen LogP contribution in [0.25, 0.3) is 5.57 Å². The Morgan fingerprint density at radius 2 is 1.48 bits per heavy atom. The summed E-state index contributed by atoms with van der Waals surface area (Å²) in [7, 11) is 0. The lowest BCUT2D eigenvalue weighted by atomic mass is 10.0. The van der Waals surface area contributed by atoms with Gasteiger partial charge in [0.15, 0.2) is 11.6 Å². The number of rotatable bonds is 4. The van der Waals surface area contributed by atoms with Crippen LogP contribution in [0.3, 0.4) is 0 Å². The van der Waals surface area contributed by atoms with Crippen molar-refractivity contribution in [2.75, 3.05) is 0 Å². The molecule has 0 aromatic carbocycles. The van der Waals surface area contributed by atoms with Gasteiger partial charge in [-0.25, -0.2) is 0 Å². The molecule has 0 saturated carbocycles. The normalized spacial score (nSPS) is 18.6. The van der Waals surface area contributed by atoms with E-state index in [4.69, 9.17) is 0 Å². The Morgan fingerprint density at radius 1 is 0.880 bits per heavy atom. The van der Waals surface area contributed by atoms with E-state index < -0.39 is 0 Å². The van der Waals surface area contributed by atoms with Crippen LogP contribution in [0.2, 0.25) is 0 Å². The van der Waals surface area contributed by atoms with Gasteiger partial charge in [-0.1, -0.05) is 13.8 Å². The summed E-state index contributed by atoms with van der Waals surface area (Å²) in [6.07, 6.45) is 1.65. The van der Waals surface area contributed by atoms with Crippen molar-refractivity contribution in [1.82, 2.24) is 9.13 Å². The van der Waals surface area contributed by atoms with Gasteiger partial charge in [0.25, 0.3) is 0 Å². The highest BCUT2D eigenvalue weighted by Crippen LogP contribution is 2.37. The summed E-state index contributed by atoms with van der Waals surface area (Å²) < 4.78 is 3.85. The summed E-state index contributed by atoms with van der Waals surface area (Å²) in [5.74, 6) is 0.177.